The first-order valence-corrected chi connectivity index (χ1v) is 5.99. The number of hydrogen-bond donors (Lipinski definition) is 0. The van der Waals surface area contributed by atoms with Crippen molar-refractivity contribution in [3.63, 3.8) is 0 Å². The predicted octanol–water partition coefficient (Wildman–Crippen LogP) is 4.53. The maximum atomic E-state index is 2.22. The van der Waals surface area contributed by atoms with E-state index in [9.17, 15) is 0 Å². The Kier molecular flexibility index (Phi) is 4.81. The van der Waals surface area contributed by atoms with Crippen molar-refractivity contribution >= 4 is 11.8 Å². The van der Waals surface area contributed by atoms with Crippen LogP contribution in [-0.2, 0) is 0 Å². The lowest BCUT2D eigenvalue weighted by atomic mass is 10.1. The van der Waals surface area contributed by atoms with Crippen LogP contribution < -0.4 is 0 Å². The number of allylic oxidation sites excluding steroid dienone is 2. The molecule has 0 aliphatic rings. The molecule has 0 amide bonds. The Balaban J connectivity index is 2.33. The molecule has 1 aromatic carbocycles. The van der Waals surface area contributed by atoms with Crippen LogP contribution >= 0.6 is 11.8 Å². The lowest BCUT2D eigenvalue weighted by Crippen LogP contribution is -1.84. The predicted molar refractivity (Wildman–Crippen MR) is 65.8 cm³/mol. The Bertz CT molecular complexity index is 294. The second kappa shape index (κ2) is 5.92. The van der Waals surface area contributed by atoms with E-state index in [4.69, 9.17) is 0 Å². The van der Waals surface area contributed by atoms with Gasteiger partial charge in [0.15, 0.2) is 0 Å². The molecule has 0 nitrogen and oxygen atoms in total. The highest BCUT2D eigenvalue weighted by Crippen LogP contribution is 2.20. The van der Waals surface area contributed by atoms with Crippen LogP contribution in [0.2, 0.25) is 0 Å². The Morgan fingerprint density at radius 1 is 1.07 bits per heavy atom. The highest BCUT2D eigenvalue weighted by Gasteiger charge is 1.95. The van der Waals surface area contributed by atoms with Crippen LogP contribution in [0.15, 0.2) is 46.4 Å². The molecule has 0 aliphatic heterocycles. The van der Waals surface area contributed by atoms with E-state index in [0.717, 1.165) is 0 Å². The van der Waals surface area contributed by atoms with Gasteiger partial charge in [-0.2, -0.15) is 0 Å². The maximum absolute atomic E-state index is 2.22. The molecule has 0 saturated carbocycles. The van der Waals surface area contributed by atoms with Gasteiger partial charge >= 0.3 is 0 Å². The van der Waals surface area contributed by atoms with Crippen molar-refractivity contribution in [3.8, 4) is 0 Å². The van der Waals surface area contributed by atoms with Crippen LogP contribution in [0.1, 0.15) is 27.2 Å². The zero-order valence-electron chi connectivity index (χ0n) is 9.21. The van der Waals surface area contributed by atoms with Crippen molar-refractivity contribution in [2.24, 2.45) is 0 Å². The molecule has 0 spiro atoms. The Hall–Kier alpha value is -0.690. The smallest absolute Gasteiger partial charge is 0.00720 e. The Morgan fingerprint density at radius 3 is 2.29 bits per heavy atom. The van der Waals surface area contributed by atoms with Gasteiger partial charge < -0.3 is 0 Å². The van der Waals surface area contributed by atoms with E-state index in [2.05, 4.69) is 51.1 Å². The number of rotatable bonds is 4. The normalized spacial score (nSPS) is 9.93. The monoisotopic (exact) mass is 206 g/mol. The highest BCUT2D eigenvalue weighted by molar-refractivity contribution is 7.99. The zero-order chi connectivity index (χ0) is 10.4. The first-order valence-electron chi connectivity index (χ1n) is 5.01. The van der Waals surface area contributed by atoms with Gasteiger partial charge in [0.2, 0.25) is 0 Å². The average molecular weight is 206 g/mol. The summed E-state index contributed by atoms with van der Waals surface area (Å²) in [5, 5.41) is 0. The molecule has 1 aromatic rings. The molecule has 1 rings (SSSR count). The third-order valence-corrected chi connectivity index (χ3v) is 3.36. The molecular formula is C13H18S. The summed E-state index contributed by atoms with van der Waals surface area (Å²) in [6.45, 7) is 6.59. The minimum atomic E-state index is 1.18. The molecule has 76 valence electrons. The molecular weight excluding hydrogens is 188 g/mol. The molecule has 0 N–H and O–H groups in total. The summed E-state index contributed by atoms with van der Waals surface area (Å²) in [5.41, 5.74) is 2.98. The Morgan fingerprint density at radius 2 is 1.71 bits per heavy atom. The first kappa shape index (κ1) is 11.4. The molecule has 1 heteroatoms. The maximum Gasteiger partial charge on any atom is 0.00720 e. The van der Waals surface area contributed by atoms with Gasteiger partial charge in [-0.3, -0.25) is 0 Å². The zero-order valence-corrected chi connectivity index (χ0v) is 10.0. The molecule has 0 aromatic heterocycles. The number of benzene rings is 1. The standard InChI is InChI=1S/C13H18S/c1-11(2)12(3)9-10-14-13-7-5-4-6-8-13/h4-8H,9-10H2,1-3H3. The summed E-state index contributed by atoms with van der Waals surface area (Å²) in [6.07, 6.45) is 1.20. The van der Waals surface area contributed by atoms with E-state index in [-0.39, 0.29) is 0 Å². The van der Waals surface area contributed by atoms with Gasteiger partial charge in [-0.25, -0.2) is 0 Å². The van der Waals surface area contributed by atoms with Gasteiger partial charge in [0, 0.05) is 10.6 Å². The molecule has 0 fully saturated rings. The van der Waals surface area contributed by atoms with E-state index in [0.29, 0.717) is 0 Å². The lowest BCUT2D eigenvalue weighted by Gasteiger charge is -2.03. The average Bonchev–Trinajstić information content (AvgIpc) is 2.19. The van der Waals surface area contributed by atoms with Crippen LogP contribution in [0, 0.1) is 0 Å². The quantitative estimate of drug-likeness (QED) is 0.515. The molecule has 0 atom stereocenters. The molecule has 0 heterocycles. The summed E-state index contributed by atoms with van der Waals surface area (Å²) in [7, 11) is 0. The van der Waals surface area contributed by atoms with Gasteiger partial charge in [-0.15, -0.1) is 11.8 Å². The summed E-state index contributed by atoms with van der Waals surface area (Å²) < 4.78 is 0. The number of thioether (sulfide) groups is 1. The van der Waals surface area contributed by atoms with Crippen molar-refractivity contribution in [1.29, 1.82) is 0 Å². The van der Waals surface area contributed by atoms with Crippen LogP contribution in [0.4, 0.5) is 0 Å². The van der Waals surface area contributed by atoms with Crippen molar-refractivity contribution in [2.45, 2.75) is 32.1 Å². The lowest BCUT2D eigenvalue weighted by molar-refractivity contribution is 1.06. The van der Waals surface area contributed by atoms with Gasteiger partial charge in [-0.1, -0.05) is 29.3 Å². The summed E-state index contributed by atoms with van der Waals surface area (Å²) >= 11 is 1.93. The number of hydrogen-bond acceptors (Lipinski definition) is 1. The van der Waals surface area contributed by atoms with Crippen molar-refractivity contribution in [1.82, 2.24) is 0 Å². The van der Waals surface area contributed by atoms with E-state index in [1.165, 1.54) is 28.2 Å². The molecule has 0 aliphatic carbocycles. The van der Waals surface area contributed by atoms with E-state index in [1.54, 1.807) is 0 Å². The third-order valence-electron chi connectivity index (χ3n) is 2.34. The van der Waals surface area contributed by atoms with Crippen LogP contribution in [0.25, 0.3) is 0 Å². The fraction of sp³-hybridized carbons (Fsp3) is 0.385. The van der Waals surface area contributed by atoms with Gasteiger partial charge in [0.05, 0.1) is 0 Å². The molecule has 0 radical (unpaired) electrons. The van der Waals surface area contributed by atoms with E-state index >= 15 is 0 Å². The van der Waals surface area contributed by atoms with Crippen molar-refractivity contribution in [2.75, 3.05) is 5.75 Å². The van der Waals surface area contributed by atoms with Crippen LogP contribution in [0.5, 0.6) is 0 Å². The van der Waals surface area contributed by atoms with Crippen molar-refractivity contribution < 1.29 is 0 Å². The second-order valence-corrected chi connectivity index (χ2v) is 4.86. The second-order valence-electron chi connectivity index (χ2n) is 3.69. The fourth-order valence-electron chi connectivity index (χ4n) is 1.09. The van der Waals surface area contributed by atoms with Crippen LogP contribution in [0.3, 0.4) is 0 Å². The van der Waals surface area contributed by atoms with Gasteiger partial charge in [-0.05, 0) is 39.3 Å². The van der Waals surface area contributed by atoms with E-state index < -0.39 is 0 Å². The minimum Gasteiger partial charge on any atom is -0.126 e. The summed E-state index contributed by atoms with van der Waals surface area (Å²) in [5.74, 6) is 1.18. The summed E-state index contributed by atoms with van der Waals surface area (Å²) in [6, 6.07) is 10.6. The largest absolute Gasteiger partial charge is 0.126 e. The van der Waals surface area contributed by atoms with Crippen molar-refractivity contribution in [3.05, 3.63) is 41.5 Å². The molecule has 0 unspecified atom stereocenters. The van der Waals surface area contributed by atoms with Crippen LogP contribution in [-0.4, -0.2) is 5.75 Å². The van der Waals surface area contributed by atoms with E-state index in [1.807, 2.05) is 11.8 Å². The molecule has 0 saturated heterocycles. The molecule has 0 bridgehead atoms. The summed E-state index contributed by atoms with van der Waals surface area (Å²) in [4.78, 5) is 1.37. The highest BCUT2D eigenvalue weighted by atomic mass is 32.2. The van der Waals surface area contributed by atoms with Gasteiger partial charge in [0.25, 0.3) is 0 Å². The Labute approximate surface area is 91.4 Å². The molecule has 14 heavy (non-hydrogen) atoms. The fourth-order valence-corrected chi connectivity index (χ4v) is 2.08. The van der Waals surface area contributed by atoms with Gasteiger partial charge in [0.1, 0.15) is 0 Å². The first-order chi connectivity index (χ1) is 6.70. The third kappa shape index (κ3) is 4.01. The SMILES string of the molecule is CC(C)=C(C)CCSc1ccccc1. The topological polar surface area (TPSA) is 0 Å². The minimum absolute atomic E-state index is 1.18.